The highest BCUT2D eigenvalue weighted by atomic mass is 32.2. The van der Waals surface area contributed by atoms with Gasteiger partial charge in [0.15, 0.2) is 0 Å². The molecule has 1 aromatic heterocycles. The zero-order chi connectivity index (χ0) is 42.3. The lowest BCUT2D eigenvalue weighted by molar-refractivity contribution is -0.140. The van der Waals surface area contributed by atoms with Crippen LogP contribution in [0.2, 0.25) is 0 Å². The van der Waals surface area contributed by atoms with Crippen molar-refractivity contribution in [3.8, 4) is 11.6 Å². The van der Waals surface area contributed by atoms with E-state index in [1.807, 2.05) is 26.0 Å². The Morgan fingerprint density at radius 2 is 1.81 bits per heavy atom. The number of hydrogen-bond acceptors (Lipinski definition) is 11. The molecule has 2 aliphatic carbocycles. The number of hydrogen-bond donors (Lipinski definition) is 3. The number of nitrogens with zero attached hydrogens (tertiary/aromatic N) is 3. The number of fused-ring (bicyclic) bond motifs is 3. The summed E-state index contributed by atoms with van der Waals surface area (Å²) in [6.07, 6.45) is 8.89. The van der Waals surface area contributed by atoms with Crippen LogP contribution >= 0.6 is 0 Å². The van der Waals surface area contributed by atoms with E-state index in [9.17, 15) is 27.6 Å². The number of amides is 4. The highest BCUT2D eigenvalue weighted by Crippen LogP contribution is 2.49. The summed E-state index contributed by atoms with van der Waals surface area (Å²) >= 11 is 0. The lowest BCUT2D eigenvalue weighted by Gasteiger charge is -2.28. The molecule has 1 aromatic carbocycles. The monoisotopic (exact) mass is 820 g/mol. The topological polar surface area (TPSA) is 209 Å². The van der Waals surface area contributed by atoms with Gasteiger partial charge < -0.3 is 30.2 Å². The molecule has 4 aliphatic rings. The molecule has 57 heavy (non-hydrogen) atoms. The number of methoxy groups -OCH3 is 1. The van der Waals surface area contributed by atoms with Crippen molar-refractivity contribution < 1.29 is 46.1 Å². The van der Waals surface area contributed by atoms with Gasteiger partial charge in [-0.3, -0.25) is 19.1 Å². The van der Waals surface area contributed by atoms with Crippen molar-refractivity contribution in [3.05, 3.63) is 36.5 Å². The van der Waals surface area contributed by atoms with Gasteiger partial charge in [-0.25, -0.2) is 23.2 Å². The van der Waals surface area contributed by atoms with E-state index >= 15 is 0 Å². The number of ether oxygens (including phenoxy) is 3. The molecule has 2 saturated carbocycles. The molecule has 3 heterocycles. The van der Waals surface area contributed by atoms with E-state index < -0.39 is 56.0 Å². The van der Waals surface area contributed by atoms with Gasteiger partial charge in [-0.2, -0.15) is 0 Å². The molecule has 1 saturated heterocycles. The van der Waals surface area contributed by atoms with Crippen LogP contribution in [0.5, 0.6) is 11.6 Å². The molecule has 3 fully saturated rings. The highest BCUT2D eigenvalue weighted by Gasteiger charge is 2.63. The molecule has 0 bridgehead atoms. The minimum Gasteiger partial charge on any atom is -0.497 e. The fraction of sp³-hybridized carbons (Fsp3) is 0.659. The standard InChI is InChI=1S/C34H45N5O7S.C5H11NO2.C2H6.3H2/c1-5-33(12-13-33)47(43,44)38-32(42)34-18-23(34)9-7-6-8-21(2)14-22(3)15-30(40)39-20-25(17-28(39)31(41)37-34)46-29-19-35-26-11-10-24(45-4)16-27(26)36-29;1-5(2,3)8-4(6)7;1-2;;;/h7,9-11,16,19,21-23,25,28H,5-6,8,12-15,17-18,20H2,1-4H3,(H,37,41)(H,38,42);1-3H3,(H2,6,7);1-2H3;3*1H/b9-7-;;;;;/t21-,22-,23-,25-,28+,34-;;;;;/m1...../s1. The quantitative estimate of drug-likeness (QED) is 0.264. The molecular weight excluding hydrogens is 753 g/mol. The van der Waals surface area contributed by atoms with E-state index in [0.29, 0.717) is 42.0 Å². The molecule has 0 unspecified atom stereocenters. The first-order valence-electron chi connectivity index (χ1n) is 20.1. The number of allylic oxidation sites excluding steroid dienone is 1. The van der Waals surface area contributed by atoms with Crippen molar-refractivity contribution in [3.63, 3.8) is 0 Å². The summed E-state index contributed by atoms with van der Waals surface area (Å²) in [5, 5.41) is 2.92. The Hall–Kier alpha value is -4.47. The van der Waals surface area contributed by atoms with Crippen molar-refractivity contribution in [2.75, 3.05) is 13.7 Å². The van der Waals surface area contributed by atoms with Gasteiger partial charge in [-0.05, 0) is 89.7 Å². The summed E-state index contributed by atoms with van der Waals surface area (Å²) in [6, 6.07) is 4.44. The van der Waals surface area contributed by atoms with E-state index in [-0.39, 0.29) is 53.7 Å². The first-order chi connectivity index (χ1) is 26.8. The van der Waals surface area contributed by atoms with Gasteiger partial charge in [-0.15, -0.1) is 0 Å². The van der Waals surface area contributed by atoms with Crippen LogP contribution in [0, 0.1) is 17.8 Å². The fourth-order valence-electron chi connectivity index (χ4n) is 7.54. The van der Waals surface area contributed by atoms with Crippen LogP contribution in [-0.2, 0) is 29.1 Å². The molecule has 0 spiro atoms. The number of aromatic nitrogens is 2. The van der Waals surface area contributed by atoms with E-state index in [1.54, 1.807) is 57.9 Å². The maximum atomic E-state index is 14.1. The number of carbonyl (C=O) groups excluding carboxylic acids is 4. The van der Waals surface area contributed by atoms with Crippen molar-refractivity contribution in [1.82, 2.24) is 24.9 Å². The van der Waals surface area contributed by atoms with Crippen molar-refractivity contribution >= 4 is 44.9 Å². The Balaban J connectivity index is 0.00000125. The minimum atomic E-state index is -3.93. The maximum Gasteiger partial charge on any atom is 0.405 e. The third-order valence-corrected chi connectivity index (χ3v) is 13.1. The van der Waals surface area contributed by atoms with Crippen LogP contribution in [0.1, 0.15) is 117 Å². The Labute approximate surface area is 341 Å². The van der Waals surface area contributed by atoms with Crippen LogP contribution in [0.15, 0.2) is 36.5 Å². The Kier molecular flexibility index (Phi) is 14.6. The smallest absolute Gasteiger partial charge is 0.405 e. The summed E-state index contributed by atoms with van der Waals surface area (Å²) in [6.45, 7) is 15.5. The number of primary amides is 1. The summed E-state index contributed by atoms with van der Waals surface area (Å²) in [5.41, 5.74) is 4.10. The summed E-state index contributed by atoms with van der Waals surface area (Å²) in [5.74, 6) is -0.378. The molecule has 0 radical (unpaired) electrons. The van der Waals surface area contributed by atoms with E-state index in [2.05, 4.69) is 38.6 Å². The van der Waals surface area contributed by atoms with E-state index in [1.165, 1.54) is 6.20 Å². The predicted molar refractivity (Wildman–Crippen MR) is 223 cm³/mol. The largest absolute Gasteiger partial charge is 0.497 e. The molecule has 6 rings (SSSR count). The normalized spacial score (nSPS) is 27.5. The number of nitrogens with one attached hydrogen (secondary N) is 2. The van der Waals surface area contributed by atoms with Crippen LogP contribution in [0.3, 0.4) is 0 Å². The Morgan fingerprint density at radius 1 is 1.11 bits per heavy atom. The molecule has 2 aliphatic heterocycles. The zero-order valence-corrected chi connectivity index (χ0v) is 35.7. The first kappa shape index (κ1) is 45.2. The Bertz CT molecular complexity index is 1930. The van der Waals surface area contributed by atoms with Gasteiger partial charge in [0, 0.05) is 29.1 Å². The second-order valence-electron chi connectivity index (χ2n) is 16.5. The second kappa shape index (κ2) is 18.4. The molecule has 15 nitrogen and oxygen atoms in total. The second-order valence-corrected chi connectivity index (χ2v) is 18.6. The van der Waals surface area contributed by atoms with Gasteiger partial charge in [0.05, 0.1) is 35.6 Å². The van der Waals surface area contributed by atoms with Gasteiger partial charge in [0.1, 0.15) is 29.0 Å². The van der Waals surface area contributed by atoms with Gasteiger partial charge in [0.2, 0.25) is 27.7 Å². The molecule has 16 heteroatoms. The minimum absolute atomic E-state index is 0. The number of benzene rings is 1. The Morgan fingerprint density at radius 3 is 2.40 bits per heavy atom. The number of rotatable bonds is 7. The number of carbonyl (C=O) groups is 4. The SMILES string of the molecule is CC.CC(C)(C)OC(N)=O.CCC1(S(=O)(=O)NC(=O)[C@@]23C[C@H]2/C=C\CC[C@@H](C)C[C@@H](C)CC(=O)N2C[C@H](Oc4cnc5ccc(OC)cc5n4)C[C@H]2C(=O)N3)CC1.[HH].[HH].[HH]. The lowest BCUT2D eigenvalue weighted by atomic mass is 9.91. The highest BCUT2D eigenvalue weighted by molar-refractivity contribution is 7.91. The van der Waals surface area contributed by atoms with Gasteiger partial charge >= 0.3 is 6.09 Å². The van der Waals surface area contributed by atoms with Gasteiger partial charge in [-0.1, -0.05) is 46.8 Å². The fourth-order valence-corrected chi connectivity index (χ4v) is 9.20. The van der Waals surface area contributed by atoms with E-state index in [4.69, 9.17) is 15.2 Å². The average Bonchev–Trinajstić information content (AvgIpc) is 4.04. The molecule has 6 atom stereocenters. The maximum absolute atomic E-state index is 14.1. The van der Waals surface area contributed by atoms with E-state index in [0.717, 1.165) is 19.3 Å². The van der Waals surface area contributed by atoms with Crippen molar-refractivity contribution in [2.45, 2.75) is 141 Å². The third kappa shape index (κ3) is 11.4. The van der Waals surface area contributed by atoms with Crippen LogP contribution in [0.4, 0.5) is 4.79 Å². The summed E-state index contributed by atoms with van der Waals surface area (Å²) < 4.78 is 43.9. The van der Waals surface area contributed by atoms with Crippen LogP contribution in [-0.4, -0.2) is 88.8 Å². The predicted octanol–water partition coefficient (Wildman–Crippen LogP) is 6.30. The molecular formula is C41H68N6O9S. The van der Waals surface area contributed by atoms with Crippen LogP contribution < -0.4 is 25.2 Å². The number of nitrogens with two attached hydrogens (primary N) is 1. The lowest BCUT2D eigenvalue weighted by Crippen LogP contribution is -2.57. The first-order valence-corrected chi connectivity index (χ1v) is 21.6. The summed E-state index contributed by atoms with van der Waals surface area (Å²) in [7, 11) is -2.36. The zero-order valence-electron chi connectivity index (χ0n) is 34.9. The molecule has 4 N–H and O–H groups in total. The number of sulfonamides is 1. The van der Waals surface area contributed by atoms with Crippen molar-refractivity contribution in [2.24, 2.45) is 23.5 Å². The van der Waals surface area contributed by atoms with Crippen molar-refractivity contribution in [1.29, 1.82) is 0 Å². The third-order valence-electron chi connectivity index (χ3n) is 10.8. The van der Waals surface area contributed by atoms with Gasteiger partial charge in [0.25, 0.3) is 5.91 Å². The average molecular weight is 821 g/mol. The van der Waals surface area contributed by atoms with Crippen LogP contribution in [0.25, 0.3) is 11.0 Å². The molecule has 2 aromatic rings. The summed E-state index contributed by atoms with van der Waals surface area (Å²) in [4.78, 5) is 62.2. The molecule has 4 amide bonds. The molecule has 322 valence electrons.